The highest BCUT2D eigenvalue weighted by Gasteiger charge is 2.16. The Morgan fingerprint density at radius 3 is 3.00 bits per heavy atom. The van der Waals surface area contributed by atoms with Crippen LogP contribution in [-0.4, -0.2) is 15.9 Å². The molecule has 1 atom stereocenters. The van der Waals surface area contributed by atoms with E-state index in [9.17, 15) is 4.79 Å². The van der Waals surface area contributed by atoms with Gasteiger partial charge in [-0.1, -0.05) is 6.92 Å². The van der Waals surface area contributed by atoms with Crippen molar-refractivity contribution in [3.63, 3.8) is 0 Å². The van der Waals surface area contributed by atoms with E-state index in [1.54, 1.807) is 29.2 Å². The van der Waals surface area contributed by atoms with Crippen LogP contribution in [0.2, 0.25) is 0 Å². The summed E-state index contributed by atoms with van der Waals surface area (Å²) in [5, 5.41) is 5.81. The number of thiazole rings is 2. The third-order valence-electron chi connectivity index (χ3n) is 2.12. The van der Waals surface area contributed by atoms with Gasteiger partial charge in [-0.15, -0.1) is 22.7 Å². The molecule has 0 bridgehead atoms. The summed E-state index contributed by atoms with van der Waals surface area (Å²) in [7, 11) is 0. The molecule has 0 aliphatic rings. The first-order valence-electron chi connectivity index (χ1n) is 4.90. The van der Waals surface area contributed by atoms with Gasteiger partial charge in [-0.3, -0.25) is 9.78 Å². The first kappa shape index (κ1) is 11.2. The van der Waals surface area contributed by atoms with Crippen LogP contribution in [0.1, 0.15) is 34.1 Å². The minimum atomic E-state index is -0.0791. The fourth-order valence-corrected chi connectivity index (χ4v) is 2.60. The van der Waals surface area contributed by atoms with Gasteiger partial charge < -0.3 is 5.32 Å². The summed E-state index contributed by atoms with van der Waals surface area (Å²) in [5.41, 5.74) is 1.65. The Bertz CT molecular complexity index is 439. The number of carbonyl (C=O) groups excluding carboxylic acids is 1. The maximum Gasteiger partial charge on any atom is 0.263 e. The molecular weight excluding hydrogens is 242 g/mol. The first-order chi connectivity index (χ1) is 7.81. The van der Waals surface area contributed by atoms with Crippen LogP contribution in [-0.2, 0) is 0 Å². The molecule has 2 aromatic rings. The molecule has 0 fully saturated rings. The van der Waals surface area contributed by atoms with E-state index in [0.29, 0.717) is 4.88 Å². The van der Waals surface area contributed by atoms with Crippen molar-refractivity contribution in [3.05, 3.63) is 33.2 Å². The number of amides is 1. The lowest BCUT2D eigenvalue weighted by Crippen LogP contribution is -2.27. The molecule has 84 valence electrons. The molecule has 0 aromatic carbocycles. The van der Waals surface area contributed by atoms with E-state index in [-0.39, 0.29) is 11.9 Å². The fraction of sp³-hybridized carbons (Fsp3) is 0.300. The van der Waals surface area contributed by atoms with Crippen molar-refractivity contribution in [2.45, 2.75) is 19.4 Å². The van der Waals surface area contributed by atoms with E-state index in [1.807, 2.05) is 12.3 Å². The number of rotatable bonds is 4. The normalized spacial score (nSPS) is 12.3. The highest BCUT2D eigenvalue weighted by molar-refractivity contribution is 7.11. The predicted octanol–water partition coefficient (Wildman–Crippen LogP) is 2.48. The Morgan fingerprint density at radius 2 is 2.44 bits per heavy atom. The van der Waals surface area contributed by atoms with Gasteiger partial charge in [-0.25, -0.2) is 4.98 Å². The van der Waals surface area contributed by atoms with Gasteiger partial charge in [0.25, 0.3) is 5.91 Å². The molecule has 0 radical (unpaired) electrons. The van der Waals surface area contributed by atoms with E-state index in [1.165, 1.54) is 11.3 Å². The average Bonchev–Trinajstić information content (AvgIpc) is 2.96. The number of hydrogen-bond acceptors (Lipinski definition) is 5. The molecule has 0 unspecified atom stereocenters. The van der Waals surface area contributed by atoms with Crippen LogP contribution in [0.4, 0.5) is 0 Å². The monoisotopic (exact) mass is 253 g/mol. The summed E-state index contributed by atoms with van der Waals surface area (Å²) in [6.45, 7) is 2.03. The number of carbonyl (C=O) groups is 1. The second-order valence-corrected chi connectivity index (χ2v) is 4.98. The Hall–Kier alpha value is -1.27. The maximum absolute atomic E-state index is 11.8. The molecular formula is C10H11N3OS2. The second-order valence-electron chi connectivity index (χ2n) is 3.17. The molecule has 1 amide bonds. The lowest BCUT2D eigenvalue weighted by atomic mass is 10.2. The van der Waals surface area contributed by atoms with Crippen molar-refractivity contribution in [3.8, 4) is 0 Å². The lowest BCUT2D eigenvalue weighted by molar-refractivity contribution is 0.0939. The molecule has 0 saturated heterocycles. The van der Waals surface area contributed by atoms with Gasteiger partial charge in [0.1, 0.15) is 9.88 Å². The van der Waals surface area contributed by atoms with Crippen molar-refractivity contribution in [1.82, 2.24) is 15.3 Å². The Labute approximate surface area is 101 Å². The van der Waals surface area contributed by atoms with Gasteiger partial charge in [0.05, 0.1) is 17.7 Å². The minimum absolute atomic E-state index is 0.00500. The summed E-state index contributed by atoms with van der Waals surface area (Å²) in [6, 6.07) is -0.00500. The zero-order valence-electron chi connectivity index (χ0n) is 8.71. The van der Waals surface area contributed by atoms with Gasteiger partial charge >= 0.3 is 0 Å². The SMILES string of the molecule is CC[C@H](NC(=O)c1cncs1)c1nccs1. The molecule has 1 N–H and O–H groups in total. The largest absolute Gasteiger partial charge is 0.342 e. The number of aromatic nitrogens is 2. The molecule has 2 rings (SSSR count). The molecule has 16 heavy (non-hydrogen) atoms. The summed E-state index contributed by atoms with van der Waals surface area (Å²) in [4.78, 5) is 20.5. The summed E-state index contributed by atoms with van der Waals surface area (Å²) in [5.74, 6) is -0.0791. The van der Waals surface area contributed by atoms with Crippen LogP contribution in [0.15, 0.2) is 23.3 Å². The van der Waals surface area contributed by atoms with Crippen LogP contribution in [0, 0.1) is 0 Å². The maximum atomic E-state index is 11.8. The van der Waals surface area contributed by atoms with Gasteiger partial charge in [-0.05, 0) is 6.42 Å². The fourth-order valence-electron chi connectivity index (χ4n) is 1.30. The van der Waals surface area contributed by atoms with Gasteiger partial charge in [0.2, 0.25) is 0 Å². The number of nitrogens with zero attached hydrogens (tertiary/aromatic N) is 2. The van der Waals surface area contributed by atoms with Crippen molar-refractivity contribution in [2.75, 3.05) is 0 Å². The molecule has 4 nitrogen and oxygen atoms in total. The zero-order valence-corrected chi connectivity index (χ0v) is 10.3. The molecule has 6 heteroatoms. The summed E-state index contributed by atoms with van der Waals surface area (Å²) < 4.78 is 0. The van der Waals surface area contributed by atoms with Crippen LogP contribution >= 0.6 is 22.7 Å². The Kier molecular flexibility index (Phi) is 3.63. The zero-order chi connectivity index (χ0) is 11.4. The van der Waals surface area contributed by atoms with E-state index >= 15 is 0 Å². The molecule has 0 saturated carbocycles. The van der Waals surface area contributed by atoms with E-state index < -0.39 is 0 Å². The quantitative estimate of drug-likeness (QED) is 0.910. The number of hydrogen-bond donors (Lipinski definition) is 1. The number of nitrogens with one attached hydrogen (secondary N) is 1. The molecule has 0 aliphatic carbocycles. The van der Waals surface area contributed by atoms with Gasteiger partial charge in [0, 0.05) is 11.6 Å². The minimum Gasteiger partial charge on any atom is -0.342 e. The second kappa shape index (κ2) is 5.18. The van der Waals surface area contributed by atoms with Crippen molar-refractivity contribution in [2.24, 2.45) is 0 Å². The highest BCUT2D eigenvalue weighted by atomic mass is 32.1. The highest BCUT2D eigenvalue weighted by Crippen LogP contribution is 2.19. The van der Waals surface area contributed by atoms with Crippen molar-refractivity contribution >= 4 is 28.6 Å². The standard InChI is InChI=1S/C10H11N3OS2/c1-2-7(10-12-3-4-15-10)13-9(14)8-5-11-6-16-8/h3-7H,2H2,1H3,(H,13,14)/t7-/m0/s1. The Balaban J connectivity index is 2.05. The third-order valence-corrected chi connectivity index (χ3v) is 3.78. The van der Waals surface area contributed by atoms with Crippen LogP contribution < -0.4 is 5.32 Å². The average molecular weight is 253 g/mol. The molecule has 2 aromatic heterocycles. The molecule has 2 heterocycles. The summed E-state index contributed by atoms with van der Waals surface area (Å²) >= 11 is 2.90. The Morgan fingerprint density at radius 1 is 1.56 bits per heavy atom. The van der Waals surface area contributed by atoms with Gasteiger partial charge in [0.15, 0.2) is 0 Å². The van der Waals surface area contributed by atoms with Gasteiger partial charge in [-0.2, -0.15) is 0 Å². The lowest BCUT2D eigenvalue weighted by Gasteiger charge is -2.13. The van der Waals surface area contributed by atoms with Crippen molar-refractivity contribution < 1.29 is 4.79 Å². The topological polar surface area (TPSA) is 54.9 Å². The first-order valence-corrected chi connectivity index (χ1v) is 6.66. The van der Waals surface area contributed by atoms with E-state index in [2.05, 4.69) is 15.3 Å². The smallest absolute Gasteiger partial charge is 0.263 e. The van der Waals surface area contributed by atoms with Crippen molar-refractivity contribution in [1.29, 1.82) is 0 Å². The molecule has 0 spiro atoms. The predicted molar refractivity (Wildman–Crippen MR) is 64.7 cm³/mol. The third kappa shape index (κ3) is 2.45. The van der Waals surface area contributed by atoms with Crippen LogP contribution in [0.3, 0.4) is 0 Å². The summed E-state index contributed by atoms with van der Waals surface area (Å²) in [6.07, 6.45) is 4.16. The molecule has 0 aliphatic heterocycles. The van der Waals surface area contributed by atoms with Crippen LogP contribution in [0.25, 0.3) is 0 Å². The van der Waals surface area contributed by atoms with E-state index in [4.69, 9.17) is 0 Å². The van der Waals surface area contributed by atoms with Crippen LogP contribution in [0.5, 0.6) is 0 Å². The van der Waals surface area contributed by atoms with E-state index in [0.717, 1.165) is 11.4 Å².